The molecule has 0 radical (unpaired) electrons. The Bertz CT molecular complexity index is 197. The summed E-state index contributed by atoms with van der Waals surface area (Å²) < 4.78 is 0. The second-order valence-corrected chi connectivity index (χ2v) is 2.99. The molecule has 0 aliphatic rings. The molecular weight excluding hydrogens is 198 g/mol. The fourth-order valence-corrected chi connectivity index (χ4v) is 0.720. The van der Waals surface area contributed by atoms with E-state index in [1.54, 1.807) is 0 Å². The summed E-state index contributed by atoms with van der Waals surface area (Å²) in [5.74, 6) is -2.51. The lowest BCUT2D eigenvalue weighted by Gasteiger charge is -2.05. The monoisotopic (exact) mass is 217 g/mol. The first-order chi connectivity index (χ1) is 6.93. The number of carbonyl (C=O) groups is 2. The van der Waals surface area contributed by atoms with Gasteiger partial charge in [-0.1, -0.05) is 13.3 Å². The quantitative estimate of drug-likeness (QED) is 0.600. The predicted octanol–water partition coefficient (Wildman–Crippen LogP) is 1.11. The highest BCUT2D eigenvalue weighted by Gasteiger charge is 1.91. The maximum atomic E-state index is 9.55. The molecule has 0 saturated heterocycles. The molecule has 88 valence electrons. The Labute approximate surface area is 89.8 Å². The summed E-state index contributed by atoms with van der Waals surface area (Å²) in [6.45, 7) is 4.40. The molecule has 15 heavy (non-hydrogen) atoms. The molecule has 0 aromatic rings. The molecule has 1 unspecified atom stereocenters. The van der Waals surface area contributed by atoms with Crippen LogP contribution in [0, 0.1) is 0 Å². The largest absolute Gasteiger partial charge is 0.478 e. The number of carboxylic acid groups (broad SMARTS) is 2. The van der Waals surface area contributed by atoms with Crippen molar-refractivity contribution < 1.29 is 19.8 Å². The van der Waals surface area contributed by atoms with Gasteiger partial charge in [-0.25, -0.2) is 9.59 Å². The maximum absolute atomic E-state index is 9.55. The molecule has 0 spiro atoms. The maximum Gasteiger partial charge on any atom is 0.328 e. The Morgan fingerprint density at radius 3 is 1.80 bits per heavy atom. The number of aliphatic carboxylic acids is 2. The topological polar surface area (TPSA) is 86.6 Å². The number of carboxylic acids is 2. The molecule has 5 heteroatoms. The van der Waals surface area contributed by atoms with Crippen LogP contribution in [-0.4, -0.2) is 35.2 Å². The van der Waals surface area contributed by atoms with Gasteiger partial charge in [0.1, 0.15) is 0 Å². The highest BCUT2D eigenvalue weighted by atomic mass is 16.4. The minimum atomic E-state index is -1.26. The van der Waals surface area contributed by atoms with Gasteiger partial charge in [-0.15, -0.1) is 0 Å². The number of hydrogen-bond donors (Lipinski definition) is 3. The second-order valence-electron chi connectivity index (χ2n) is 2.99. The molecular formula is C10H19NO4. The van der Waals surface area contributed by atoms with Crippen molar-refractivity contribution in [2.24, 2.45) is 0 Å². The summed E-state index contributed by atoms with van der Waals surface area (Å²) in [6, 6.07) is 0.699. The summed E-state index contributed by atoms with van der Waals surface area (Å²) in [6.07, 6.45) is 3.68. The van der Waals surface area contributed by atoms with Crippen molar-refractivity contribution in [2.75, 3.05) is 7.05 Å². The van der Waals surface area contributed by atoms with Gasteiger partial charge in [0, 0.05) is 18.2 Å². The molecule has 0 rings (SSSR count). The van der Waals surface area contributed by atoms with Gasteiger partial charge in [-0.2, -0.15) is 0 Å². The molecule has 0 amide bonds. The van der Waals surface area contributed by atoms with Gasteiger partial charge >= 0.3 is 11.9 Å². The van der Waals surface area contributed by atoms with E-state index in [4.69, 9.17) is 10.2 Å². The SMILES string of the molecule is CCCC(C)NC.O=C(O)/C=C/C(=O)O. The zero-order chi connectivity index (χ0) is 12.3. The van der Waals surface area contributed by atoms with Crippen molar-refractivity contribution in [1.29, 1.82) is 0 Å². The first kappa shape index (κ1) is 16.1. The molecule has 0 aliphatic carbocycles. The van der Waals surface area contributed by atoms with Crippen molar-refractivity contribution >= 4 is 11.9 Å². The Morgan fingerprint density at radius 2 is 1.67 bits per heavy atom. The van der Waals surface area contributed by atoms with Crippen LogP contribution in [0.4, 0.5) is 0 Å². The van der Waals surface area contributed by atoms with Crippen LogP contribution < -0.4 is 5.32 Å². The number of hydrogen-bond acceptors (Lipinski definition) is 3. The van der Waals surface area contributed by atoms with Crippen molar-refractivity contribution in [1.82, 2.24) is 5.32 Å². The van der Waals surface area contributed by atoms with Crippen LogP contribution in [-0.2, 0) is 9.59 Å². The van der Waals surface area contributed by atoms with E-state index in [0.717, 1.165) is 0 Å². The average molecular weight is 217 g/mol. The van der Waals surface area contributed by atoms with Crippen LogP contribution in [0.25, 0.3) is 0 Å². The third-order valence-electron chi connectivity index (χ3n) is 1.58. The van der Waals surface area contributed by atoms with Crippen molar-refractivity contribution in [2.45, 2.75) is 32.7 Å². The lowest BCUT2D eigenvalue weighted by molar-refractivity contribution is -0.134. The Balaban J connectivity index is 0. The fourth-order valence-electron chi connectivity index (χ4n) is 0.720. The van der Waals surface area contributed by atoms with Gasteiger partial charge in [0.15, 0.2) is 0 Å². The number of nitrogens with one attached hydrogen (secondary N) is 1. The normalized spacial score (nSPS) is 11.7. The minimum absolute atomic E-state index is 0.558. The zero-order valence-corrected chi connectivity index (χ0v) is 9.36. The van der Waals surface area contributed by atoms with Gasteiger partial charge in [0.2, 0.25) is 0 Å². The molecule has 1 atom stereocenters. The molecule has 0 aliphatic heterocycles. The Hall–Kier alpha value is -1.36. The van der Waals surface area contributed by atoms with Crippen molar-refractivity contribution in [3.8, 4) is 0 Å². The van der Waals surface area contributed by atoms with Gasteiger partial charge < -0.3 is 15.5 Å². The van der Waals surface area contributed by atoms with Crippen LogP contribution in [0.15, 0.2) is 12.2 Å². The van der Waals surface area contributed by atoms with E-state index in [9.17, 15) is 9.59 Å². The van der Waals surface area contributed by atoms with Crippen LogP contribution in [0.5, 0.6) is 0 Å². The highest BCUT2D eigenvalue weighted by molar-refractivity contribution is 5.89. The molecule has 0 fully saturated rings. The lowest BCUT2D eigenvalue weighted by atomic mass is 10.2. The van der Waals surface area contributed by atoms with E-state index in [2.05, 4.69) is 19.2 Å². The summed E-state index contributed by atoms with van der Waals surface area (Å²) >= 11 is 0. The van der Waals surface area contributed by atoms with Crippen molar-refractivity contribution in [3.63, 3.8) is 0 Å². The smallest absolute Gasteiger partial charge is 0.328 e. The standard InChI is InChI=1S/C6H15N.C4H4O4/c1-4-5-6(2)7-3;5-3(6)1-2-4(7)8/h6-7H,4-5H2,1-3H3;1-2H,(H,5,6)(H,7,8)/b;2-1+. The molecule has 0 saturated carbocycles. The third kappa shape index (κ3) is 19.2. The lowest BCUT2D eigenvalue weighted by Crippen LogP contribution is -2.20. The van der Waals surface area contributed by atoms with E-state index in [1.165, 1.54) is 12.8 Å². The van der Waals surface area contributed by atoms with Crippen LogP contribution in [0.3, 0.4) is 0 Å². The second kappa shape index (κ2) is 10.7. The molecule has 5 nitrogen and oxygen atoms in total. The molecule has 0 aromatic heterocycles. The van der Waals surface area contributed by atoms with Gasteiger partial charge in [0.25, 0.3) is 0 Å². The van der Waals surface area contributed by atoms with Gasteiger partial charge in [0.05, 0.1) is 0 Å². The summed E-state index contributed by atoms with van der Waals surface area (Å²) in [4.78, 5) is 19.1. The number of rotatable bonds is 5. The van der Waals surface area contributed by atoms with E-state index in [-0.39, 0.29) is 0 Å². The predicted molar refractivity (Wildman–Crippen MR) is 57.8 cm³/mol. The van der Waals surface area contributed by atoms with E-state index >= 15 is 0 Å². The molecule has 0 bridgehead atoms. The highest BCUT2D eigenvalue weighted by Crippen LogP contribution is 1.91. The Kier molecular flexibility index (Phi) is 11.5. The first-order valence-electron chi connectivity index (χ1n) is 4.75. The van der Waals surface area contributed by atoms with Crippen LogP contribution in [0.2, 0.25) is 0 Å². The molecule has 0 heterocycles. The zero-order valence-electron chi connectivity index (χ0n) is 9.36. The fraction of sp³-hybridized carbons (Fsp3) is 0.600. The summed E-state index contributed by atoms with van der Waals surface area (Å²) in [5.41, 5.74) is 0. The average Bonchev–Trinajstić information content (AvgIpc) is 2.16. The summed E-state index contributed by atoms with van der Waals surface area (Å²) in [5, 5.41) is 18.8. The Morgan fingerprint density at radius 1 is 1.27 bits per heavy atom. The van der Waals surface area contributed by atoms with Crippen LogP contribution in [0.1, 0.15) is 26.7 Å². The van der Waals surface area contributed by atoms with E-state index in [1.807, 2.05) is 7.05 Å². The van der Waals surface area contributed by atoms with Gasteiger partial charge in [-0.3, -0.25) is 0 Å². The minimum Gasteiger partial charge on any atom is -0.478 e. The third-order valence-corrected chi connectivity index (χ3v) is 1.58. The van der Waals surface area contributed by atoms with E-state index < -0.39 is 11.9 Å². The van der Waals surface area contributed by atoms with Crippen molar-refractivity contribution in [3.05, 3.63) is 12.2 Å². The molecule has 3 N–H and O–H groups in total. The van der Waals surface area contributed by atoms with E-state index in [0.29, 0.717) is 18.2 Å². The summed E-state index contributed by atoms with van der Waals surface area (Å²) in [7, 11) is 2.00. The molecule has 0 aromatic carbocycles. The van der Waals surface area contributed by atoms with Crippen LogP contribution >= 0.6 is 0 Å². The first-order valence-corrected chi connectivity index (χ1v) is 4.75. The van der Waals surface area contributed by atoms with Gasteiger partial charge in [-0.05, 0) is 20.4 Å².